The molecule has 0 aliphatic heterocycles. The standard InChI is InChI=1S/C15H18BrN3OS/c16-9-2-5-12-11(8-9)13(17)14(21-12)15(20)19-7-1-6-18-10-3-4-10/h2,5,8,10,18H,1,3-4,6-7,17H2,(H,19,20). The van der Waals surface area contributed by atoms with E-state index >= 15 is 0 Å². The zero-order valence-electron chi connectivity index (χ0n) is 11.6. The fraction of sp³-hybridized carbons (Fsp3) is 0.400. The van der Waals surface area contributed by atoms with Crippen molar-refractivity contribution in [2.24, 2.45) is 0 Å². The average Bonchev–Trinajstić information content (AvgIpc) is 3.23. The van der Waals surface area contributed by atoms with Crippen molar-refractivity contribution in [2.75, 3.05) is 18.8 Å². The first-order chi connectivity index (χ1) is 10.1. The van der Waals surface area contributed by atoms with Crippen molar-refractivity contribution in [1.82, 2.24) is 10.6 Å². The average molecular weight is 368 g/mol. The number of nitrogens with two attached hydrogens (primary N) is 1. The molecule has 4 N–H and O–H groups in total. The monoisotopic (exact) mass is 367 g/mol. The van der Waals surface area contributed by atoms with Crippen molar-refractivity contribution in [2.45, 2.75) is 25.3 Å². The fourth-order valence-corrected chi connectivity index (χ4v) is 3.60. The number of carbonyl (C=O) groups is 1. The minimum atomic E-state index is -0.0729. The SMILES string of the molecule is Nc1c(C(=O)NCCCNC2CC2)sc2ccc(Br)cc12. The normalized spacial score (nSPS) is 14.5. The Morgan fingerprint density at radius 3 is 2.95 bits per heavy atom. The van der Waals surface area contributed by atoms with Gasteiger partial charge in [-0.2, -0.15) is 0 Å². The van der Waals surface area contributed by atoms with Crippen LogP contribution in [-0.2, 0) is 0 Å². The van der Waals surface area contributed by atoms with Crippen molar-refractivity contribution in [3.8, 4) is 0 Å². The molecule has 1 aromatic carbocycles. The van der Waals surface area contributed by atoms with E-state index in [1.165, 1.54) is 24.2 Å². The van der Waals surface area contributed by atoms with E-state index in [9.17, 15) is 4.79 Å². The van der Waals surface area contributed by atoms with Gasteiger partial charge in [0.2, 0.25) is 0 Å². The number of nitrogen functional groups attached to an aromatic ring is 1. The highest BCUT2D eigenvalue weighted by molar-refractivity contribution is 9.10. The lowest BCUT2D eigenvalue weighted by Crippen LogP contribution is -2.27. The van der Waals surface area contributed by atoms with Crippen LogP contribution in [0.25, 0.3) is 10.1 Å². The molecule has 1 aromatic heterocycles. The summed E-state index contributed by atoms with van der Waals surface area (Å²) < 4.78 is 2.01. The van der Waals surface area contributed by atoms with E-state index < -0.39 is 0 Å². The van der Waals surface area contributed by atoms with E-state index in [1.54, 1.807) is 0 Å². The number of thiophene rings is 1. The maximum atomic E-state index is 12.2. The summed E-state index contributed by atoms with van der Waals surface area (Å²) >= 11 is 4.88. The van der Waals surface area contributed by atoms with Gasteiger partial charge in [0, 0.05) is 27.1 Å². The van der Waals surface area contributed by atoms with Gasteiger partial charge in [0.15, 0.2) is 0 Å². The van der Waals surface area contributed by atoms with Crippen LogP contribution in [0.4, 0.5) is 5.69 Å². The Labute approximate surface area is 136 Å². The van der Waals surface area contributed by atoms with E-state index in [4.69, 9.17) is 5.73 Å². The lowest BCUT2D eigenvalue weighted by molar-refractivity contribution is 0.0958. The number of anilines is 1. The van der Waals surface area contributed by atoms with Gasteiger partial charge in [0.1, 0.15) is 4.88 Å². The minimum Gasteiger partial charge on any atom is -0.397 e. The molecular formula is C15H18BrN3OS. The van der Waals surface area contributed by atoms with Crippen molar-refractivity contribution >= 4 is 48.9 Å². The molecule has 1 fully saturated rings. The Balaban J connectivity index is 1.59. The third kappa shape index (κ3) is 3.56. The Morgan fingerprint density at radius 1 is 1.38 bits per heavy atom. The van der Waals surface area contributed by atoms with E-state index in [1.807, 2.05) is 18.2 Å². The quantitative estimate of drug-likeness (QED) is 0.687. The molecule has 1 saturated carbocycles. The maximum absolute atomic E-state index is 12.2. The molecule has 112 valence electrons. The van der Waals surface area contributed by atoms with Gasteiger partial charge in [-0.25, -0.2) is 0 Å². The lowest BCUT2D eigenvalue weighted by atomic mass is 10.2. The number of halogens is 1. The van der Waals surface area contributed by atoms with E-state index in [2.05, 4.69) is 26.6 Å². The van der Waals surface area contributed by atoms with Gasteiger partial charge < -0.3 is 16.4 Å². The van der Waals surface area contributed by atoms with Crippen LogP contribution in [0.15, 0.2) is 22.7 Å². The third-order valence-corrected chi connectivity index (χ3v) is 5.22. The molecule has 1 aliphatic carbocycles. The molecule has 3 rings (SSSR count). The summed E-state index contributed by atoms with van der Waals surface area (Å²) in [6.07, 6.45) is 3.53. The largest absolute Gasteiger partial charge is 0.397 e. The number of amides is 1. The molecule has 0 saturated heterocycles. The van der Waals surface area contributed by atoms with Crippen LogP contribution in [0.1, 0.15) is 28.9 Å². The predicted octanol–water partition coefficient (Wildman–Crippen LogP) is 3.12. The molecule has 1 heterocycles. The van der Waals surface area contributed by atoms with Crippen LogP contribution in [-0.4, -0.2) is 25.0 Å². The zero-order valence-corrected chi connectivity index (χ0v) is 14.0. The van der Waals surface area contributed by atoms with Gasteiger partial charge in [-0.15, -0.1) is 11.3 Å². The second kappa shape index (κ2) is 6.34. The Morgan fingerprint density at radius 2 is 2.19 bits per heavy atom. The zero-order chi connectivity index (χ0) is 14.8. The van der Waals surface area contributed by atoms with Gasteiger partial charge in [0.25, 0.3) is 5.91 Å². The summed E-state index contributed by atoms with van der Waals surface area (Å²) in [5.41, 5.74) is 6.68. The van der Waals surface area contributed by atoms with Gasteiger partial charge in [-0.3, -0.25) is 4.79 Å². The molecule has 0 radical (unpaired) electrons. The van der Waals surface area contributed by atoms with Crippen LogP contribution >= 0.6 is 27.3 Å². The van der Waals surface area contributed by atoms with E-state index in [-0.39, 0.29) is 5.91 Å². The second-order valence-corrected chi connectivity index (χ2v) is 7.29. The first-order valence-corrected chi connectivity index (χ1v) is 8.75. The molecule has 1 amide bonds. The van der Waals surface area contributed by atoms with Gasteiger partial charge in [-0.1, -0.05) is 15.9 Å². The Kier molecular flexibility index (Phi) is 4.47. The second-order valence-electron chi connectivity index (χ2n) is 5.32. The van der Waals surface area contributed by atoms with E-state index in [0.717, 1.165) is 33.6 Å². The first-order valence-electron chi connectivity index (χ1n) is 7.14. The number of benzene rings is 1. The number of rotatable bonds is 6. The van der Waals surface area contributed by atoms with Crippen molar-refractivity contribution < 1.29 is 4.79 Å². The third-order valence-electron chi connectivity index (χ3n) is 3.54. The molecule has 0 unspecified atom stereocenters. The summed E-state index contributed by atoms with van der Waals surface area (Å²) in [6, 6.07) is 6.62. The van der Waals surface area contributed by atoms with Crippen molar-refractivity contribution in [3.05, 3.63) is 27.5 Å². The molecule has 0 spiro atoms. The highest BCUT2D eigenvalue weighted by Gasteiger charge is 2.19. The molecular weight excluding hydrogens is 350 g/mol. The van der Waals surface area contributed by atoms with Crippen molar-refractivity contribution in [3.63, 3.8) is 0 Å². The van der Waals surface area contributed by atoms with E-state index in [0.29, 0.717) is 17.1 Å². The molecule has 0 bridgehead atoms. The predicted molar refractivity (Wildman–Crippen MR) is 91.9 cm³/mol. The highest BCUT2D eigenvalue weighted by atomic mass is 79.9. The van der Waals surface area contributed by atoms with Crippen LogP contribution < -0.4 is 16.4 Å². The number of carbonyl (C=O) groups excluding carboxylic acids is 1. The molecule has 1 aliphatic rings. The summed E-state index contributed by atoms with van der Waals surface area (Å²) in [5.74, 6) is -0.0729. The van der Waals surface area contributed by atoms with Crippen LogP contribution in [0, 0.1) is 0 Å². The highest BCUT2D eigenvalue weighted by Crippen LogP contribution is 2.35. The molecule has 6 heteroatoms. The minimum absolute atomic E-state index is 0.0729. The molecule has 21 heavy (non-hydrogen) atoms. The summed E-state index contributed by atoms with van der Waals surface area (Å²) in [6.45, 7) is 1.63. The Hall–Kier alpha value is -1.11. The summed E-state index contributed by atoms with van der Waals surface area (Å²) in [4.78, 5) is 12.8. The Bertz CT molecular complexity index is 666. The summed E-state index contributed by atoms with van der Waals surface area (Å²) in [5, 5.41) is 7.32. The maximum Gasteiger partial charge on any atom is 0.263 e. The summed E-state index contributed by atoms with van der Waals surface area (Å²) in [7, 11) is 0. The fourth-order valence-electron chi connectivity index (χ4n) is 2.22. The van der Waals surface area contributed by atoms with Gasteiger partial charge >= 0.3 is 0 Å². The topological polar surface area (TPSA) is 67.2 Å². The number of fused-ring (bicyclic) bond motifs is 1. The smallest absolute Gasteiger partial charge is 0.263 e. The van der Waals surface area contributed by atoms with Gasteiger partial charge in [0.05, 0.1) is 5.69 Å². The van der Waals surface area contributed by atoms with Gasteiger partial charge in [-0.05, 0) is 44.0 Å². The lowest BCUT2D eigenvalue weighted by Gasteiger charge is -2.05. The van der Waals surface area contributed by atoms with Crippen LogP contribution in [0.5, 0.6) is 0 Å². The first kappa shape index (κ1) is 14.8. The number of hydrogen-bond donors (Lipinski definition) is 3. The molecule has 2 aromatic rings. The molecule has 0 atom stereocenters. The molecule has 4 nitrogen and oxygen atoms in total. The number of hydrogen-bond acceptors (Lipinski definition) is 4. The van der Waals surface area contributed by atoms with Crippen LogP contribution in [0.3, 0.4) is 0 Å². The number of nitrogens with one attached hydrogen (secondary N) is 2. The van der Waals surface area contributed by atoms with Crippen molar-refractivity contribution in [1.29, 1.82) is 0 Å². The van der Waals surface area contributed by atoms with Crippen LogP contribution in [0.2, 0.25) is 0 Å².